The molecule has 1 saturated heterocycles. The van der Waals surface area contributed by atoms with Crippen molar-refractivity contribution in [3.8, 4) is 5.75 Å². The monoisotopic (exact) mass is 463 g/mol. The number of hydrogen-bond acceptors (Lipinski definition) is 4. The Kier molecular flexibility index (Phi) is 6.56. The first kappa shape index (κ1) is 22.7. The third kappa shape index (κ3) is 4.81. The molecule has 6 nitrogen and oxygen atoms in total. The molecule has 2 aromatic carbocycles. The number of nitrogens with one attached hydrogen (secondary N) is 1. The molecule has 0 radical (unpaired) electrons. The number of aromatic nitrogens is 1. The summed E-state index contributed by atoms with van der Waals surface area (Å²) in [4.78, 5) is 44.1. The van der Waals surface area contributed by atoms with Crippen LogP contribution < -0.4 is 9.72 Å². The molecular weight excluding hydrogens is 440 g/mol. The Morgan fingerprint density at radius 3 is 2.36 bits per heavy atom. The maximum atomic E-state index is 13.5. The number of Topliss-reactive ketones (excluding diaryl/α,β-unsaturated/α-hetero) is 2. The van der Waals surface area contributed by atoms with Crippen molar-refractivity contribution in [3.05, 3.63) is 94.8 Å². The Hall–Kier alpha value is -3.51. The lowest BCUT2D eigenvalue weighted by Gasteiger charge is -2.27. The number of aromatic amines is 1. The van der Waals surface area contributed by atoms with Gasteiger partial charge >= 0.3 is 0 Å². The van der Waals surface area contributed by atoms with Crippen molar-refractivity contribution < 1.29 is 24.1 Å². The van der Waals surface area contributed by atoms with E-state index in [0.29, 0.717) is 21.9 Å². The van der Waals surface area contributed by atoms with Crippen LogP contribution in [0.5, 0.6) is 5.75 Å². The van der Waals surface area contributed by atoms with Gasteiger partial charge in [0.05, 0.1) is 18.7 Å². The van der Waals surface area contributed by atoms with Crippen LogP contribution in [0.3, 0.4) is 0 Å². The Balaban J connectivity index is 1.71. The molecule has 2 unspecified atom stereocenters. The number of hydrogen-bond donors (Lipinski definition) is 0. The molecule has 33 heavy (non-hydrogen) atoms. The summed E-state index contributed by atoms with van der Waals surface area (Å²) in [6, 6.07) is 16.5. The zero-order valence-electron chi connectivity index (χ0n) is 18.3. The zero-order valence-corrected chi connectivity index (χ0v) is 19.1. The number of ether oxygens (including phenoxy) is 1. The summed E-state index contributed by atoms with van der Waals surface area (Å²) >= 11 is 6.06. The summed E-state index contributed by atoms with van der Waals surface area (Å²) in [6.07, 6.45) is 3.52. The predicted molar refractivity (Wildman–Crippen MR) is 123 cm³/mol. The molecule has 1 N–H and O–H groups in total. The first-order valence-electron chi connectivity index (χ1n) is 10.7. The molecule has 7 heteroatoms. The lowest BCUT2D eigenvalue weighted by molar-refractivity contribution is -0.378. The van der Waals surface area contributed by atoms with Crippen LogP contribution in [0.2, 0.25) is 5.02 Å². The number of likely N-dealkylation sites (tertiary alicyclic amines) is 1. The highest BCUT2D eigenvalue weighted by molar-refractivity contribution is 6.44. The number of amides is 1. The van der Waals surface area contributed by atoms with Crippen LogP contribution in [-0.4, -0.2) is 28.5 Å². The third-order valence-electron chi connectivity index (χ3n) is 5.53. The van der Waals surface area contributed by atoms with Crippen LogP contribution in [0.4, 0.5) is 0 Å². The summed E-state index contributed by atoms with van der Waals surface area (Å²) < 4.78 is 5.64. The van der Waals surface area contributed by atoms with Gasteiger partial charge in [0, 0.05) is 22.2 Å². The Morgan fingerprint density at radius 1 is 1.06 bits per heavy atom. The van der Waals surface area contributed by atoms with Gasteiger partial charge < -0.3 is 9.64 Å². The topological polar surface area (TPSA) is 77.8 Å². The molecule has 0 bridgehead atoms. The number of pyridine rings is 1. The van der Waals surface area contributed by atoms with Gasteiger partial charge in [0.2, 0.25) is 5.78 Å². The van der Waals surface area contributed by atoms with Crippen LogP contribution >= 0.6 is 11.6 Å². The molecule has 2 heterocycles. The van der Waals surface area contributed by atoms with E-state index in [1.165, 1.54) is 4.90 Å². The smallest absolute Gasteiger partial charge is 0.291 e. The van der Waals surface area contributed by atoms with Gasteiger partial charge in [0.1, 0.15) is 11.7 Å². The summed E-state index contributed by atoms with van der Waals surface area (Å²) in [5.74, 6) is -2.29. The van der Waals surface area contributed by atoms with Gasteiger partial charge in [0.25, 0.3) is 5.91 Å². The van der Waals surface area contributed by atoms with E-state index in [1.807, 2.05) is 26.0 Å². The second-order valence-corrected chi connectivity index (χ2v) is 8.67. The van der Waals surface area contributed by atoms with Crippen molar-refractivity contribution in [2.45, 2.75) is 32.5 Å². The summed E-state index contributed by atoms with van der Waals surface area (Å²) in [5.41, 5.74) is 1.85. The van der Waals surface area contributed by atoms with Crippen molar-refractivity contribution >= 4 is 29.1 Å². The molecule has 4 rings (SSSR count). The van der Waals surface area contributed by atoms with E-state index >= 15 is 0 Å². The minimum atomic E-state index is -1.15. The summed E-state index contributed by atoms with van der Waals surface area (Å²) in [7, 11) is 0. The van der Waals surface area contributed by atoms with Crippen LogP contribution in [0.1, 0.15) is 41.4 Å². The minimum absolute atomic E-state index is 0.00124. The van der Waals surface area contributed by atoms with Crippen molar-refractivity contribution in [2.24, 2.45) is 5.92 Å². The first-order valence-corrected chi connectivity index (χ1v) is 11.1. The van der Waals surface area contributed by atoms with Gasteiger partial charge in [0.15, 0.2) is 18.2 Å². The molecule has 0 spiro atoms. The van der Waals surface area contributed by atoms with E-state index in [0.717, 1.165) is 5.56 Å². The van der Waals surface area contributed by atoms with Crippen molar-refractivity contribution in [1.29, 1.82) is 0 Å². The number of carbonyl (C=O) groups excluding carboxylic acids is 3. The highest BCUT2D eigenvalue weighted by atomic mass is 35.5. The third-order valence-corrected chi connectivity index (χ3v) is 5.79. The maximum absolute atomic E-state index is 13.5. The normalized spacial score (nSPS) is 18.1. The van der Waals surface area contributed by atoms with Gasteiger partial charge in [-0.3, -0.25) is 14.4 Å². The molecule has 168 valence electrons. The van der Waals surface area contributed by atoms with E-state index in [9.17, 15) is 14.4 Å². The van der Waals surface area contributed by atoms with E-state index < -0.39 is 29.4 Å². The predicted octanol–water partition coefficient (Wildman–Crippen LogP) is 4.09. The van der Waals surface area contributed by atoms with E-state index in [1.54, 1.807) is 60.9 Å². The molecule has 2 atom stereocenters. The summed E-state index contributed by atoms with van der Waals surface area (Å²) in [6.45, 7) is 4.02. The molecule has 0 aliphatic carbocycles. The minimum Gasteiger partial charge on any atom is -0.491 e. The van der Waals surface area contributed by atoms with Crippen molar-refractivity contribution in [2.75, 3.05) is 0 Å². The van der Waals surface area contributed by atoms with Crippen molar-refractivity contribution in [3.63, 3.8) is 0 Å². The van der Waals surface area contributed by atoms with E-state index in [-0.39, 0.29) is 12.6 Å². The average Bonchev–Trinajstić information content (AvgIpc) is 3.05. The lowest BCUT2D eigenvalue weighted by atomic mass is 9.86. The second-order valence-electron chi connectivity index (χ2n) is 8.24. The fourth-order valence-corrected chi connectivity index (χ4v) is 4.19. The number of benzene rings is 2. The van der Waals surface area contributed by atoms with Crippen molar-refractivity contribution in [1.82, 2.24) is 4.90 Å². The van der Waals surface area contributed by atoms with Gasteiger partial charge in [-0.2, -0.15) is 0 Å². The number of ketones is 2. The summed E-state index contributed by atoms with van der Waals surface area (Å²) in [5, 5.41) is 0.530. The Morgan fingerprint density at radius 2 is 1.76 bits per heavy atom. The SMILES string of the molecule is CC(C)Oc1ccc(C(=O)C2C(=O)C(=O)N(Cc3ccc[nH+]c3)C2c2ccc(Cl)cc2)cc1. The number of rotatable bonds is 7. The molecular formula is C26H24ClN2O4+. The van der Waals surface area contributed by atoms with Gasteiger partial charge in [-0.05, 0) is 61.9 Å². The van der Waals surface area contributed by atoms with Gasteiger partial charge in [-0.1, -0.05) is 23.7 Å². The highest BCUT2D eigenvalue weighted by Gasteiger charge is 2.51. The first-order chi connectivity index (χ1) is 15.8. The largest absolute Gasteiger partial charge is 0.491 e. The van der Waals surface area contributed by atoms with Gasteiger partial charge in [-0.15, -0.1) is 0 Å². The molecule has 3 aromatic rings. The van der Waals surface area contributed by atoms with Crippen LogP contribution in [0.15, 0.2) is 73.1 Å². The molecule has 1 amide bonds. The van der Waals surface area contributed by atoms with Crippen LogP contribution in [-0.2, 0) is 16.1 Å². The standard InChI is InChI=1S/C26H23ClN2O4/c1-16(2)33-21-11-7-19(8-12-21)24(30)22-23(18-5-9-20(27)10-6-18)29(26(32)25(22)31)15-17-4-3-13-28-14-17/h3-14,16,22-23H,15H2,1-2H3/p+1. The molecule has 0 saturated carbocycles. The zero-order chi connectivity index (χ0) is 23.5. The van der Waals surface area contributed by atoms with Gasteiger partial charge in [-0.25, -0.2) is 4.98 Å². The molecule has 1 fully saturated rings. The van der Waals surface area contributed by atoms with E-state index in [2.05, 4.69) is 4.98 Å². The maximum Gasteiger partial charge on any atom is 0.291 e. The van der Waals surface area contributed by atoms with Crippen LogP contribution in [0.25, 0.3) is 0 Å². The number of carbonyl (C=O) groups is 3. The highest BCUT2D eigenvalue weighted by Crippen LogP contribution is 2.39. The molecule has 1 aliphatic rings. The number of halogens is 1. The number of nitrogens with zero attached hydrogens (tertiary/aromatic N) is 1. The molecule has 1 aliphatic heterocycles. The number of H-pyrrole nitrogens is 1. The Labute approximate surface area is 197 Å². The average molecular weight is 464 g/mol. The quantitative estimate of drug-likeness (QED) is 0.300. The lowest BCUT2D eigenvalue weighted by Crippen LogP contribution is -2.30. The fraction of sp³-hybridized carbons (Fsp3) is 0.231. The Bertz CT molecular complexity index is 1160. The van der Waals surface area contributed by atoms with Crippen LogP contribution in [0, 0.1) is 5.92 Å². The van der Waals surface area contributed by atoms with E-state index in [4.69, 9.17) is 16.3 Å². The molecule has 1 aromatic heterocycles. The fourth-order valence-electron chi connectivity index (χ4n) is 4.06. The second kappa shape index (κ2) is 9.55.